The van der Waals surface area contributed by atoms with Gasteiger partial charge in [-0.3, -0.25) is 0 Å². The summed E-state index contributed by atoms with van der Waals surface area (Å²) in [4.78, 5) is 4.32. The summed E-state index contributed by atoms with van der Waals surface area (Å²) in [6, 6.07) is 10.5. The Morgan fingerprint density at radius 2 is 2.11 bits per heavy atom. The van der Waals surface area contributed by atoms with Crippen LogP contribution in [0.25, 0.3) is 0 Å². The van der Waals surface area contributed by atoms with Gasteiger partial charge in [0, 0.05) is 18.4 Å². The molecule has 1 fully saturated rings. The Morgan fingerprint density at radius 3 is 2.89 bits per heavy atom. The van der Waals surface area contributed by atoms with E-state index in [4.69, 9.17) is 4.74 Å². The van der Waals surface area contributed by atoms with Crippen LogP contribution in [-0.4, -0.2) is 22.7 Å². The van der Waals surface area contributed by atoms with E-state index in [0.29, 0.717) is 12.6 Å². The third kappa shape index (κ3) is 2.64. The van der Waals surface area contributed by atoms with Crippen molar-refractivity contribution in [3.05, 3.63) is 42.7 Å². The third-order valence-electron chi connectivity index (χ3n) is 3.01. The minimum Gasteiger partial charge on any atom is -0.492 e. The summed E-state index contributed by atoms with van der Waals surface area (Å²) in [7, 11) is 0. The molecule has 3 rings (SSSR count). The van der Waals surface area contributed by atoms with Crippen LogP contribution in [-0.2, 0) is 0 Å². The van der Waals surface area contributed by atoms with E-state index in [0.717, 1.165) is 18.2 Å². The standard InChI is InChI=1S/C14H17N3O/c1-2-4-13(5-3-1)18-11-9-16-14-15-8-10-17(14)12-6-7-12/h1-5,8,10,12H,6-7,9,11H2,(H,15,16). The number of para-hydroxylation sites is 1. The highest BCUT2D eigenvalue weighted by Gasteiger charge is 2.25. The van der Waals surface area contributed by atoms with Crippen molar-refractivity contribution in [2.75, 3.05) is 18.5 Å². The molecule has 4 heteroatoms. The van der Waals surface area contributed by atoms with Gasteiger partial charge in [-0.15, -0.1) is 0 Å². The van der Waals surface area contributed by atoms with Gasteiger partial charge in [0.2, 0.25) is 5.95 Å². The number of benzene rings is 1. The number of rotatable bonds is 6. The van der Waals surface area contributed by atoms with Gasteiger partial charge in [-0.1, -0.05) is 18.2 Å². The fourth-order valence-corrected chi connectivity index (χ4v) is 1.95. The molecular weight excluding hydrogens is 226 g/mol. The van der Waals surface area contributed by atoms with Gasteiger partial charge >= 0.3 is 0 Å². The third-order valence-corrected chi connectivity index (χ3v) is 3.01. The van der Waals surface area contributed by atoms with Crippen LogP contribution in [0, 0.1) is 0 Å². The van der Waals surface area contributed by atoms with Gasteiger partial charge in [-0.2, -0.15) is 0 Å². The first-order chi connectivity index (χ1) is 8.93. The first-order valence-corrected chi connectivity index (χ1v) is 6.38. The lowest BCUT2D eigenvalue weighted by Gasteiger charge is -2.09. The number of aromatic nitrogens is 2. The number of hydrogen-bond donors (Lipinski definition) is 1. The lowest BCUT2D eigenvalue weighted by molar-refractivity contribution is 0.332. The molecule has 1 saturated carbocycles. The number of hydrogen-bond acceptors (Lipinski definition) is 3. The first kappa shape index (κ1) is 11.1. The van der Waals surface area contributed by atoms with Gasteiger partial charge < -0.3 is 14.6 Å². The van der Waals surface area contributed by atoms with E-state index in [1.807, 2.05) is 42.7 Å². The monoisotopic (exact) mass is 243 g/mol. The number of nitrogens with zero attached hydrogens (tertiary/aromatic N) is 2. The molecule has 18 heavy (non-hydrogen) atoms. The summed E-state index contributed by atoms with van der Waals surface area (Å²) in [6.07, 6.45) is 6.42. The van der Waals surface area contributed by atoms with E-state index >= 15 is 0 Å². The summed E-state index contributed by atoms with van der Waals surface area (Å²) < 4.78 is 7.83. The van der Waals surface area contributed by atoms with Crippen LogP contribution in [0.3, 0.4) is 0 Å². The van der Waals surface area contributed by atoms with E-state index in [-0.39, 0.29) is 0 Å². The van der Waals surface area contributed by atoms with E-state index < -0.39 is 0 Å². The Morgan fingerprint density at radius 1 is 1.28 bits per heavy atom. The van der Waals surface area contributed by atoms with Crippen LogP contribution in [0.1, 0.15) is 18.9 Å². The summed E-state index contributed by atoms with van der Waals surface area (Å²) in [5.74, 6) is 1.86. The van der Waals surface area contributed by atoms with Crippen molar-refractivity contribution in [3.63, 3.8) is 0 Å². The fraction of sp³-hybridized carbons (Fsp3) is 0.357. The van der Waals surface area contributed by atoms with Gasteiger partial charge in [0.25, 0.3) is 0 Å². The lowest BCUT2D eigenvalue weighted by atomic mass is 10.3. The first-order valence-electron chi connectivity index (χ1n) is 6.38. The predicted octanol–water partition coefficient (Wildman–Crippen LogP) is 2.71. The maximum Gasteiger partial charge on any atom is 0.203 e. The highest BCUT2D eigenvalue weighted by Crippen LogP contribution is 2.36. The summed E-state index contributed by atoms with van der Waals surface area (Å²) in [5.41, 5.74) is 0. The van der Waals surface area contributed by atoms with Crippen LogP contribution in [0.15, 0.2) is 42.7 Å². The maximum atomic E-state index is 5.62. The molecule has 1 N–H and O–H groups in total. The molecule has 1 aliphatic carbocycles. The quantitative estimate of drug-likeness (QED) is 0.793. The zero-order valence-corrected chi connectivity index (χ0v) is 10.2. The highest BCUT2D eigenvalue weighted by atomic mass is 16.5. The van der Waals surface area contributed by atoms with Crippen molar-refractivity contribution >= 4 is 5.95 Å². The van der Waals surface area contributed by atoms with Crippen LogP contribution in [0.2, 0.25) is 0 Å². The smallest absolute Gasteiger partial charge is 0.203 e. The molecule has 4 nitrogen and oxygen atoms in total. The topological polar surface area (TPSA) is 39.1 Å². The van der Waals surface area contributed by atoms with E-state index in [1.165, 1.54) is 12.8 Å². The minimum atomic E-state index is 0.640. The SMILES string of the molecule is c1ccc(OCCNc2nccn2C2CC2)cc1. The van der Waals surface area contributed by atoms with Gasteiger partial charge in [0.15, 0.2) is 0 Å². The minimum absolute atomic E-state index is 0.640. The van der Waals surface area contributed by atoms with Crippen LogP contribution in [0.5, 0.6) is 5.75 Å². The average Bonchev–Trinajstić information content (AvgIpc) is 3.16. The second-order valence-electron chi connectivity index (χ2n) is 4.48. The fourth-order valence-electron chi connectivity index (χ4n) is 1.95. The summed E-state index contributed by atoms with van der Waals surface area (Å²) in [5, 5.41) is 3.31. The molecule has 0 unspecified atom stereocenters. The Kier molecular flexibility index (Phi) is 3.17. The summed E-state index contributed by atoms with van der Waals surface area (Å²) in [6.45, 7) is 1.40. The number of ether oxygens (including phenoxy) is 1. The van der Waals surface area contributed by atoms with Gasteiger partial charge in [-0.25, -0.2) is 4.98 Å². The zero-order chi connectivity index (χ0) is 12.2. The molecule has 1 aromatic heterocycles. The van der Waals surface area contributed by atoms with Crippen molar-refractivity contribution in [3.8, 4) is 5.75 Å². The molecule has 0 bridgehead atoms. The van der Waals surface area contributed by atoms with Crippen molar-refractivity contribution < 1.29 is 4.74 Å². The highest BCUT2D eigenvalue weighted by molar-refractivity contribution is 5.28. The molecule has 94 valence electrons. The van der Waals surface area contributed by atoms with E-state index in [2.05, 4.69) is 14.9 Å². The average molecular weight is 243 g/mol. The second-order valence-corrected chi connectivity index (χ2v) is 4.48. The van der Waals surface area contributed by atoms with Gasteiger partial charge in [0.05, 0.1) is 6.54 Å². The molecule has 0 amide bonds. The van der Waals surface area contributed by atoms with Crippen molar-refractivity contribution in [2.24, 2.45) is 0 Å². The van der Waals surface area contributed by atoms with Crippen molar-refractivity contribution in [1.29, 1.82) is 0 Å². The van der Waals surface area contributed by atoms with Gasteiger partial charge in [-0.05, 0) is 25.0 Å². The number of nitrogens with one attached hydrogen (secondary N) is 1. The Hall–Kier alpha value is -1.97. The van der Waals surface area contributed by atoms with E-state index in [9.17, 15) is 0 Å². The molecule has 0 atom stereocenters. The lowest BCUT2D eigenvalue weighted by Crippen LogP contribution is -2.14. The molecule has 0 radical (unpaired) electrons. The van der Waals surface area contributed by atoms with Crippen LogP contribution >= 0.6 is 0 Å². The Bertz CT molecular complexity index is 491. The molecule has 2 aromatic rings. The largest absolute Gasteiger partial charge is 0.492 e. The zero-order valence-electron chi connectivity index (χ0n) is 10.2. The number of imidazole rings is 1. The van der Waals surface area contributed by atoms with Gasteiger partial charge in [0.1, 0.15) is 12.4 Å². The number of anilines is 1. The second kappa shape index (κ2) is 5.12. The Labute approximate surface area is 107 Å². The molecule has 0 saturated heterocycles. The van der Waals surface area contributed by atoms with E-state index in [1.54, 1.807) is 0 Å². The predicted molar refractivity (Wildman–Crippen MR) is 70.9 cm³/mol. The molecular formula is C14H17N3O. The molecule has 0 spiro atoms. The molecule has 1 heterocycles. The summed E-state index contributed by atoms with van der Waals surface area (Å²) >= 11 is 0. The maximum absolute atomic E-state index is 5.62. The van der Waals surface area contributed by atoms with Crippen molar-refractivity contribution in [1.82, 2.24) is 9.55 Å². The van der Waals surface area contributed by atoms with Crippen LogP contribution < -0.4 is 10.1 Å². The Balaban J connectivity index is 1.45. The van der Waals surface area contributed by atoms with Crippen molar-refractivity contribution in [2.45, 2.75) is 18.9 Å². The molecule has 1 aromatic carbocycles. The molecule has 1 aliphatic rings. The van der Waals surface area contributed by atoms with Crippen LogP contribution in [0.4, 0.5) is 5.95 Å². The molecule has 0 aliphatic heterocycles. The normalized spacial score (nSPS) is 14.4.